The van der Waals surface area contributed by atoms with E-state index < -0.39 is 0 Å². The zero-order chi connectivity index (χ0) is 19.4. The van der Waals surface area contributed by atoms with E-state index in [2.05, 4.69) is 31.6 Å². The SMILES string of the molecule is COc1ccc(Cn2nnc(C(=O)NCc3ccc(C)cc3)c2N)cc1Br. The molecule has 0 aliphatic rings. The molecule has 2 aromatic carbocycles. The van der Waals surface area contributed by atoms with Crippen molar-refractivity contribution in [2.45, 2.75) is 20.0 Å². The van der Waals surface area contributed by atoms with Gasteiger partial charge in [0.05, 0.1) is 18.1 Å². The van der Waals surface area contributed by atoms with Crippen LogP contribution in [-0.2, 0) is 13.1 Å². The molecule has 0 fully saturated rings. The van der Waals surface area contributed by atoms with Crippen molar-refractivity contribution < 1.29 is 9.53 Å². The van der Waals surface area contributed by atoms with Gasteiger partial charge in [-0.1, -0.05) is 41.1 Å². The van der Waals surface area contributed by atoms with E-state index in [0.29, 0.717) is 13.1 Å². The van der Waals surface area contributed by atoms with Crippen molar-refractivity contribution in [3.63, 3.8) is 0 Å². The van der Waals surface area contributed by atoms with Crippen LogP contribution < -0.4 is 15.8 Å². The lowest BCUT2D eigenvalue weighted by Crippen LogP contribution is -2.24. The highest BCUT2D eigenvalue weighted by Crippen LogP contribution is 2.26. The lowest BCUT2D eigenvalue weighted by molar-refractivity contribution is 0.0946. The minimum Gasteiger partial charge on any atom is -0.496 e. The van der Waals surface area contributed by atoms with E-state index in [4.69, 9.17) is 10.5 Å². The smallest absolute Gasteiger partial charge is 0.275 e. The summed E-state index contributed by atoms with van der Waals surface area (Å²) < 4.78 is 7.55. The van der Waals surface area contributed by atoms with Crippen LogP contribution in [0, 0.1) is 6.92 Å². The Labute approximate surface area is 165 Å². The van der Waals surface area contributed by atoms with Gasteiger partial charge in [-0.05, 0) is 46.1 Å². The van der Waals surface area contributed by atoms with Crippen LogP contribution in [0.25, 0.3) is 0 Å². The van der Waals surface area contributed by atoms with Gasteiger partial charge in [0.2, 0.25) is 0 Å². The molecule has 140 valence electrons. The normalized spacial score (nSPS) is 10.6. The van der Waals surface area contributed by atoms with Crippen molar-refractivity contribution in [2.24, 2.45) is 0 Å². The number of halogens is 1. The second-order valence-corrected chi connectivity index (χ2v) is 6.97. The van der Waals surface area contributed by atoms with Gasteiger partial charge >= 0.3 is 0 Å². The first-order valence-corrected chi connectivity index (χ1v) is 9.12. The second-order valence-electron chi connectivity index (χ2n) is 6.12. The second kappa shape index (κ2) is 8.22. The maximum absolute atomic E-state index is 12.4. The Bertz CT molecular complexity index is 953. The third kappa shape index (κ3) is 4.46. The number of nitrogens with two attached hydrogens (primary N) is 1. The lowest BCUT2D eigenvalue weighted by Gasteiger charge is -2.08. The number of hydrogen-bond acceptors (Lipinski definition) is 5. The topological polar surface area (TPSA) is 95.1 Å². The van der Waals surface area contributed by atoms with E-state index in [-0.39, 0.29) is 17.4 Å². The number of ether oxygens (including phenoxy) is 1. The number of nitrogens with zero attached hydrogens (tertiary/aromatic N) is 3. The van der Waals surface area contributed by atoms with Crippen molar-refractivity contribution in [3.8, 4) is 5.75 Å². The molecule has 1 aromatic heterocycles. The van der Waals surface area contributed by atoms with Crippen LogP contribution in [0.15, 0.2) is 46.9 Å². The lowest BCUT2D eigenvalue weighted by atomic mass is 10.1. The molecule has 0 bridgehead atoms. The summed E-state index contributed by atoms with van der Waals surface area (Å²) in [5.74, 6) is 0.611. The molecule has 0 aliphatic heterocycles. The number of rotatable bonds is 6. The highest BCUT2D eigenvalue weighted by atomic mass is 79.9. The molecule has 0 atom stereocenters. The van der Waals surface area contributed by atoms with Crippen molar-refractivity contribution >= 4 is 27.7 Å². The fourth-order valence-corrected chi connectivity index (χ4v) is 3.14. The van der Waals surface area contributed by atoms with E-state index in [0.717, 1.165) is 21.3 Å². The Balaban J connectivity index is 1.68. The first kappa shape index (κ1) is 18.9. The van der Waals surface area contributed by atoms with Crippen LogP contribution in [0.4, 0.5) is 5.82 Å². The number of aromatic nitrogens is 3. The van der Waals surface area contributed by atoms with E-state index in [1.807, 2.05) is 49.4 Å². The molecule has 0 saturated carbocycles. The van der Waals surface area contributed by atoms with Crippen LogP contribution in [0.3, 0.4) is 0 Å². The van der Waals surface area contributed by atoms with Gasteiger partial charge in [0, 0.05) is 6.54 Å². The summed E-state index contributed by atoms with van der Waals surface area (Å²) in [6, 6.07) is 13.6. The summed E-state index contributed by atoms with van der Waals surface area (Å²) in [6.07, 6.45) is 0. The number of hydrogen-bond donors (Lipinski definition) is 2. The molecular weight excluding hydrogens is 410 g/mol. The Morgan fingerprint density at radius 2 is 1.93 bits per heavy atom. The average Bonchev–Trinajstić information content (AvgIpc) is 3.02. The summed E-state index contributed by atoms with van der Waals surface area (Å²) >= 11 is 3.45. The number of benzene rings is 2. The first-order valence-electron chi connectivity index (χ1n) is 8.33. The standard InChI is InChI=1S/C19H20BrN5O2/c1-12-3-5-13(6-4-12)10-22-19(26)17-18(21)25(24-23-17)11-14-7-8-16(27-2)15(20)9-14/h3-9H,10-11,21H2,1-2H3,(H,22,26). The highest BCUT2D eigenvalue weighted by Gasteiger charge is 2.17. The van der Waals surface area contributed by atoms with E-state index in [1.54, 1.807) is 7.11 Å². The number of anilines is 1. The van der Waals surface area contributed by atoms with Gasteiger partial charge in [-0.15, -0.1) is 5.10 Å². The number of nitrogens with one attached hydrogen (secondary N) is 1. The Kier molecular flexibility index (Phi) is 5.75. The monoisotopic (exact) mass is 429 g/mol. The van der Waals surface area contributed by atoms with Gasteiger partial charge in [-0.3, -0.25) is 4.79 Å². The van der Waals surface area contributed by atoms with E-state index in [9.17, 15) is 4.79 Å². The maximum atomic E-state index is 12.4. The van der Waals surface area contributed by atoms with Crippen molar-refractivity contribution in [1.82, 2.24) is 20.3 Å². The molecular formula is C19H20BrN5O2. The van der Waals surface area contributed by atoms with Crippen LogP contribution in [0.2, 0.25) is 0 Å². The van der Waals surface area contributed by atoms with Crippen LogP contribution in [0.5, 0.6) is 5.75 Å². The quantitative estimate of drug-likeness (QED) is 0.627. The third-order valence-electron chi connectivity index (χ3n) is 4.11. The number of aryl methyl sites for hydroxylation is 1. The predicted octanol–water partition coefficient (Wildman–Crippen LogP) is 2.92. The van der Waals surface area contributed by atoms with Crippen LogP contribution in [0.1, 0.15) is 27.2 Å². The molecule has 0 saturated heterocycles. The van der Waals surface area contributed by atoms with Gasteiger partial charge in [0.25, 0.3) is 5.91 Å². The Hall–Kier alpha value is -2.87. The summed E-state index contributed by atoms with van der Waals surface area (Å²) in [6.45, 7) is 2.81. The molecule has 27 heavy (non-hydrogen) atoms. The summed E-state index contributed by atoms with van der Waals surface area (Å²) in [5.41, 5.74) is 9.32. The summed E-state index contributed by atoms with van der Waals surface area (Å²) in [5, 5.41) is 10.8. The van der Waals surface area contributed by atoms with E-state index >= 15 is 0 Å². The highest BCUT2D eigenvalue weighted by molar-refractivity contribution is 9.10. The van der Waals surface area contributed by atoms with Gasteiger partial charge in [-0.2, -0.15) is 0 Å². The van der Waals surface area contributed by atoms with Crippen molar-refractivity contribution in [1.29, 1.82) is 0 Å². The number of methoxy groups -OCH3 is 1. The number of nitrogen functional groups attached to an aromatic ring is 1. The zero-order valence-corrected chi connectivity index (χ0v) is 16.7. The molecule has 1 heterocycles. The largest absolute Gasteiger partial charge is 0.496 e. The number of carbonyl (C=O) groups is 1. The molecule has 3 N–H and O–H groups in total. The fraction of sp³-hybridized carbons (Fsp3) is 0.211. The first-order chi connectivity index (χ1) is 13.0. The summed E-state index contributed by atoms with van der Waals surface area (Å²) in [7, 11) is 1.61. The molecule has 1 amide bonds. The third-order valence-corrected chi connectivity index (χ3v) is 4.73. The zero-order valence-electron chi connectivity index (χ0n) is 15.1. The Morgan fingerprint density at radius 3 is 2.59 bits per heavy atom. The summed E-state index contributed by atoms with van der Waals surface area (Å²) in [4.78, 5) is 12.4. The molecule has 3 aromatic rings. The van der Waals surface area contributed by atoms with Crippen molar-refractivity contribution in [3.05, 3.63) is 69.3 Å². The maximum Gasteiger partial charge on any atom is 0.275 e. The van der Waals surface area contributed by atoms with Gasteiger partial charge in [-0.25, -0.2) is 4.68 Å². The van der Waals surface area contributed by atoms with Gasteiger partial charge < -0.3 is 15.8 Å². The molecule has 0 unspecified atom stereocenters. The average molecular weight is 430 g/mol. The minimum absolute atomic E-state index is 0.120. The van der Waals surface area contributed by atoms with Gasteiger partial charge in [0.1, 0.15) is 5.75 Å². The Morgan fingerprint density at radius 1 is 1.22 bits per heavy atom. The molecule has 3 rings (SSSR count). The number of amides is 1. The van der Waals surface area contributed by atoms with Gasteiger partial charge in [0.15, 0.2) is 11.5 Å². The molecule has 0 radical (unpaired) electrons. The predicted molar refractivity (Wildman–Crippen MR) is 107 cm³/mol. The van der Waals surface area contributed by atoms with Crippen LogP contribution >= 0.6 is 15.9 Å². The molecule has 0 aliphatic carbocycles. The molecule has 8 heteroatoms. The molecule has 0 spiro atoms. The minimum atomic E-state index is -0.352. The molecule has 7 nitrogen and oxygen atoms in total. The van der Waals surface area contributed by atoms with Crippen molar-refractivity contribution in [2.75, 3.05) is 12.8 Å². The van der Waals surface area contributed by atoms with Crippen LogP contribution in [-0.4, -0.2) is 28.0 Å². The number of carbonyl (C=O) groups excluding carboxylic acids is 1. The fourth-order valence-electron chi connectivity index (χ4n) is 2.55. The van der Waals surface area contributed by atoms with E-state index in [1.165, 1.54) is 10.2 Å².